The van der Waals surface area contributed by atoms with Gasteiger partial charge in [0.15, 0.2) is 13.7 Å². The predicted octanol–water partition coefficient (Wildman–Crippen LogP) is 6.68. The first-order valence-electron chi connectivity index (χ1n) is 4.72. The van der Waals surface area contributed by atoms with Gasteiger partial charge in [0.25, 0.3) is 0 Å². The van der Waals surface area contributed by atoms with E-state index in [2.05, 4.69) is 9.68 Å². The second-order valence-electron chi connectivity index (χ2n) is 1.47. The lowest BCUT2D eigenvalue weighted by Gasteiger charge is -1.82. The SMILES string of the molecule is FC(F)(F)F.FCF.FCF.FCF.FCF.FCOCF.FCOF. The Kier molecular flexibility index (Phi) is 111. The van der Waals surface area contributed by atoms with Gasteiger partial charge in [-0.1, -0.05) is 0 Å². The molecule has 0 aliphatic carbocycles. The summed E-state index contributed by atoms with van der Waals surface area (Å²) in [6.07, 6.45) is -5.50. The molecule has 0 aromatic heterocycles. The number of rotatable bonds is 3. The monoisotopic (exact) mass is 446 g/mol. The minimum Gasteiger partial charge on any atom is -0.319 e. The summed E-state index contributed by atoms with van der Waals surface area (Å²) < 4.78 is 160. The first-order chi connectivity index (χ1) is 12.0. The zero-order valence-corrected chi connectivity index (χ0v) is 12.3. The van der Waals surface area contributed by atoms with Crippen molar-refractivity contribution in [1.29, 1.82) is 0 Å². The summed E-state index contributed by atoms with van der Waals surface area (Å²) in [6.45, 7) is -10.4. The number of ether oxygens (including phenoxy) is 1. The smallest absolute Gasteiger partial charge is 0.319 e. The predicted molar refractivity (Wildman–Crippen MR) is 56.7 cm³/mol. The molecule has 0 radical (unpaired) electrons. The van der Waals surface area contributed by atoms with Crippen LogP contribution >= 0.6 is 0 Å². The van der Waals surface area contributed by atoms with Crippen LogP contribution in [0.3, 0.4) is 0 Å². The molecule has 0 atom stereocenters. The molecule has 0 heterocycles. The van der Waals surface area contributed by atoms with Crippen molar-refractivity contribution in [1.82, 2.24) is 0 Å². The van der Waals surface area contributed by atoms with Gasteiger partial charge < -0.3 is 4.74 Å². The third-order valence-corrected chi connectivity index (χ3v) is 0.196. The Morgan fingerprint density at radius 3 is 0.577 bits per heavy atom. The molecule has 26 heavy (non-hydrogen) atoms. The lowest BCUT2D eigenvalue weighted by Crippen LogP contribution is -1.92. The van der Waals surface area contributed by atoms with E-state index in [1.807, 2.05) is 0 Å². The quantitative estimate of drug-likeness (QED) is 0.451. The molecule has 0 spiro atoms. The number of alkyl halides is 15. The van der Waals surface area contributed by atoms with E-state index in [-0.39, 0.29) is 0 Å². The third kappa shape index (κ3) is 3340. The molecule has 0 unspecified atom stereocenters. The van der Waals surface area contributed by atoms with Gasteiger partial charge in [0, 0.05) is 0 Å². The van der Waals surface area contributed by atoms with Crippen LogP contribution in [0.2, 0.25) is 0 Å². The molecule has 0 aromatic carbocycles. The Hall–Kier alpha value is -1.20. The van der Waals surface area contributed by atoms with Crippen molar-refractivity contribution < 1.29 is 80.1 Å². The topological polar surface area (TPSA) is 18.5 Å². The first kappa shape index (κ1) is 44.3. The Morgan fingerprint density at radius 1 is 0.462 bits per heavy atom. The van der Waals surface area contributed by atoms with E-state index in [4.69, 9.17) is 0 Å². The van der Waals surface area contributed by atoms with E-state index in [0.717, 1.165) is 0 Å². The molecule has 2 nitrogen and oxygen atoms in total. The molecule has 18 heteroatoms. The number of hydrogen-bond donors (Lipinski definition) is 0. The maximum atomic E-state index is 10.5. The van der Waals surface area contributed by atoms with Crippen molar-refractivity contribution in [3.05, 3.63) is 0 Å². The maximum Gasteiger partial charge on any atom is 0.559 e. The molecule has 0 saturated heterocycles. The van der Waals surface area contributed by atoms with Gasteiger partial charge in [-0.3, -0.25) is 0 Å². The van der Waals surface area contributed by atoms with E-state index in [9.17, 15) is 70.4 Å². The largest absolute Gasteiger partial charge is 0.559 e. The van der Waals surface area contributed by atoms with Crippen LogP contribution in [0.15, 0.2) is 0 Å². The molecule has 0 amide bonds. The summed E-state index contributed by atoms with van der Waals surface area (Å²) in [5, 5.41) is 0. The zero-order valence-electron chi connectivity index (χ0n) is 12.3. The Balaban J connectivity index is -0.0000000329. The van der Waals surface area contributed by atoms with Crippen molar-refractivity contribution >= 4 is 0 Å². The lowest BCUT2D eigenvalue weighted by molar-refractivity contribution is -0.237. The summed E-state index contributed by atoms with van der Waals surface area (Å²) in [7, 11) is 0. The van der Waals surface area contributed by atoms with Crippen molar-refractivity contribution in [3.63, 3.8) is 0 Å². The average molecular weight is 446 g/mol. The van der Waals surface area contributed by atoms with Crippen molar-refractivity contribution in [3.8, 4) is 0 Å². The van der Waals surface area contributed by atoms with E-state index < -0.39 is 54.7 Å². The van der Waals surface area contributed by atoms with Crippen LogP contribution in [0.4, 0.5) is 70.4 Å². The van der Waals surface area contributed by atoms with Crippen LogP contribution in [0.25, 0.3) is 0 Å². The number of hydrogen-bond acceptors (Lipinski definition) is 2. The summed E-state index contributed by atoms with van der Waals surface area (Å²) in [4.78, 5) is 2.38. The van der Waals surface area contributed by atoms with Gasteiger partial charge >= 0.3 is 6.43 Å². The maximum absolute atomic E-state index is 10.5. The second kappa shape index (κ2) is 65.0. The zero-order chi connectivity index (χ0) is 22.9. The van der Waals surface area contributed by atoms with Crippen LogP contribution in [-0.4, -0.2) is 54.7 Å². The first-order valence-corrected chi connectivity index (χ1v) is 4.72. The van der Waals surface area contributed by atoms with Gasteiger partial charge in [0.05, 0.1) is 0 Å². The molecule has 0 aliphatic heterocycles. The highest BCUT2D eigenvalue weighted by Crippen LogP contribution is 2.13. The van der Waals surface area contributed by atoms with Crippen LogP contribution < -0.4 is 0 Å². The second-order valence-corrected chi connectivity index (χ2v) is 1.47. The van der Waals surface area contributed by atoms with E-state index in [0.29, 0.717) is 0 Å². The highest BCUT2D eigenvalue weighted by molar-refractivity contribution is 4.08. The third-order valence-electron chi connectivity index (χ3n) is 0.196. The van der Waals surface area contributed by atoms with Gasteiger partial charge in [0.2, 0.25) is 34.6 Å². The number of halogens is 16. The molecule has 0 rings (SSSR count). The fraction of sp³-hybridized carbons (Fsp3) is 1.00. The van der Waals surface area contributed by atoms with E-state index in [1.165, 1.54) is 0 Å². The average Bonchev–Trinajstić information content (AvgIpc) is 2.50. The van der Waals surface area contributed by atoms with Crippen LogP contribution in [-0.2, 0) is 9.68 Å². The van der Waals surface area contributed by atoms with Crippen LogP contribution in [0, 0.1) is 0 Å². The lowest BCUT2D eigenvalue weighted by atomic mass is 11.4. The van der Waals surface area contributed by atoms with Crippen molar-refractivity contribution in [2.75, 3.05) is 48.3 Å². The Morgan fingerprint density at radius 2 is 0.577 bits per heavy atom. The molecule has 0 aliphatic rings. The van der Waals surface area contributed by atoms with E-state index >= 15 is 0 Å². The van der Waals surface area contributed by atoms with Gasteiger partial charge in [-0.2, -0.15) is 4.94 Å². The minimum absolute atomic E-state index is 1.03. The summed E-state index contributed by atoms with van der Waals surface area (Å²) in [5.41, 5.74) is 0. The van der Waals surface area contributed by atoms with Crippen molar-refractivity contribution in [2.45, 2.75) is 6.43 Å². The molecule has 0 bridgehead atoms. The standard InChI is InChI=1S/C2H4F2O.CF4.CH2F2O.4CH2F2/c3-1-5-2-4;2-1(3,4)5;2-1-4-3;4*2-1-3/h1-2H2;;1H2;4*1H2. The molecule has 0 aromatic rings. The highest BCUT2D eigenvalue weighted by atomic mass is 19.5. The molecular formula is C8H14F16O2. The molecule has 170 valence electrons. The molecule has 0 fully saturated rings. The molecular weight excluding hydrogens is 432 g/mol. The van der Waals surface area contributed by atoms with Gasteiger partial charge in [-0.05, 0) is 4.53 Å². The van der Waals surface area contributed by atoms with Crippen molar-refractivity contribution in [2.24, 2.45) is 0 Å². The summed E-state index contributed by atoms with van der Waals surface area (Å²) >= 11 is 0. The van der Waals surface area contributed by atoms with Crippen LogP contribution in [0.1, 0.15) is 0 Å². The Bertz CT molecular complexity index is 122. The van der Waals surface area contributed by atoms with Gasteiger partial charge in [-0.25, -0.2) is 48.3 Å². The fourth-order valence-corrected chi connectivity index (χ4v) is 0.0292. The highest BCUT2D eigenvalue weighted by Gasteiger charge is 2.24. The minimum atomic E-state index is -5.50. The van der Waals surface area contributed by atoms with E-state index in [1.54, 1.807) is 0 Å². The fourth-order valence-electron chi connectivity index (χ4n) is 0.0292. The van der Waals surface area contributed by atoms with Gasteiger partial charge in [-0.15, -0.1) is 17.6 Å². The molecule has 0 N–H and O–H groups in total. The normalized spacial score (nSPS) is 7.85. The van der Waals surface area contributed by atoms with Gasteiger partial charge in [0.1, 0.15) is 0 Å². The Labute approximate surface area is 136 Å². The molecule has 0 saturated carbocycles. The van der Waals surface area contributed by atoms with Crippen LogP contribution in [0.5, 0.6) is 0 Å². The summed E-state index contributed by atoms with van der Waals surface area (Å²) in [5.74, 6) is 0. The summed E-state index contributed by atoms with van der Waals surface area (Å²) in [6, 6.07) is 0.